The summed E-state index contributed by atoms with van der Waals surface area (Å²) in [6.07, 6.45) is 1.58. The molecule has 1 aliphatic rings. The molecular formula is C13H15NO2S. The van der Waals surface area contributed by atoms with E-state index in [4.69, 9.17) is 0 Å². The Kier molecular flexibility index (Phi) is 3.52. The summed E-state index contributed by atoms with van der Waals surface area (Å²) in [6.45, 7) is 4.16. The smallest absolute Gasteiger partial charge is 0.286 e. The van der Waals surface area contributed by atoms with Crippen LogP contribution in [0.2, 0.25) is 0 Å². The van der Waals surface area contributed by atoms with Crippen LogP contribution in [0.15, 0.2) is 18.2 Å². The summed E-state index contributed by atoms with van der Waals surface area (Å²) in [4.78, 5) is 22.6. The Balaban J connectivity index is 2.18. The van der Waals surface area contributed by atoms with Gasteiger partial charge in [-0.3, -0.25) is 14.9 Å². The molecule has 0 spiro atoms. The minimum atomic E-state index is -0.268. The van der Waals surface area contributed by atoms with E-state index in [-0.39, 0.29) is 16.4 Å². The molecule has 1 aliphatic heterocycles. The lowest BCUT2D eigenvalue weighted by atomic mass is 9.98. The fourth-order valence-corrected chi connectivity index (χ4v) is 2.86. The van der Waals surface area contributed by atoms with Gasteiger partial charge in [-0.05, 0) is 30.9 Å². The standard InChI is InChI=1S/C13H15NO2S/c1-3-9-6-8(2)4-5-10(9)7-11-12(15)14-13(16)17-11/h4-6,11H,3,7H2,1-2H3,(H,14,15,16). The molecule has 0 aromatic heterocycles. The van der Waals surface area contributed by atoms with Crippen LogP contribution in [0.25, 0.3) is 0 Å². The van der Waals surface area contributed by atoms with Gasteiger partial charge < -0.3 is 0 Å². The van der Waals surface area contributed by atoms with Crippen LogP contribution in [0.1, 0.15) is 23.6 Å². The van der Waals surface area contributed by atoms with E-state index < -0.39 is 0 Å². The lowest BCUT2D eigenvalue weighted by Gasteiger charge is -2.11. The zero-order chi connectivity index (χ0) is 12.4. The van der Waals surface area contributed by atoms with Gasteiger partial charge in [0.25, 0.3) is 5.24 Å². The molecule has 1 N–H and O–H groups in total. The topological polar surface area (TPSA) is 46.2 Å². The first-order valence-corrected chi connectivity index (χ1v) is 6.58. The monoisotopic (exact) mass is 249 g/mol. The van der Waals surface area contributed by atoms with Gasteiger partial charge in [-0.25, -0.2) is 0 Å². The highest BCUT2D eigenvalue weighted by molar-refractivity contribution is 8.15. The molecule has 0 radical (unpaired) electrons. The van der Waals surface area contributed by atoms with Gasteiger partial charge in [-0.2, -0.15) is 0 Å². The molecule has 1 heterocycles. The summed E-state index contributed by atoms with van der Waals surface area (Å²) < 4.78 is 0. The SMILES string of the molecule is CCc1cc(C)ccc1CC1SC(=O)NC1=O. The first-order valence-electron chi connectivity index (χ1n) is 5.70. The molecule has 2 rings (SSSR count). The predicted molar refractivity (Wildman–Crippen MR) is 69.2 cm³/mol. The second-order valence-electron chi connectivity index (χ2n) is 4.21. The third-order valence-corrected chi connectivity index (χ3v) is 3.90. The Bertz CT molecular complexity index is 470. The molecule has 2 amide bonds. The van der Waals surface area contributed by atoms with Crippen molar-refractivity contribution in [2.24, 2.45) is 0 Å². The summed E-state index contributed by atoms with van der Waals surface area (Å²) >= 11 is 1.09. The van der Waals surface area contributed by atoms with Crippen LogP contribution >= 0.6 is 11.8 Å². The summed E-state index contributed by atoms with van der Waals surface area (Å²) in [6, 6.07) is 6.26. The van der Waals surface area contributed by atoms with Gasteiger partial charge in [0.05, 0.1) is 5.25 Å². The number of carbonyl (C=O) groups is 2. The highest BCUT2D eigenvalue weighted by atomic mass is 32.2. The van der Waals surface area contributed by atoms with E-state index in [9.17, 15) is 9.59 Å². The van der Waals surface area contributed by atoms with Crippen molar-refractivity contribution in [3.63, 3.8) is 0 Å². The summed E-state index contributed by atoms with van der Waals surface area (Å²) in [7, 11) is 0. The van der Waals surface area contributed by atoms with E-state index in [0.717, 1.165) is 18.2 Å². The van der Waals surface area contributed by atoms with E-state index >= 15 is 0 Å². The molecule has 1 saturated heterocycles. The molecule has 0 saturated carbocycles. The van der Waals surface area contributed by atoms with Gasteiger partial charge in [-0.1, -0.05) is 42.4 Å². The normalized spacial score (nSPS) is 19.5. The quantitative estimate of drug-likeness (QED) is 0.895. The fourth-order valence-electron chi connectivity index (χ4n) is 2.01. The van der Waals surface area contributed by atoms with E-state index in [0.29, 0.717) is 6.42 Å². The third kappa shape index (κ3) is 2.69. The van der Waals surface area contributed by atoms with Crippen molar-refractivity contribution in [3.05, 3.63) is 34.9 Å². The highest BCUT2D eigenvalue weighted by Gasteiger charge is 2.31. The molecule has 4 heteroatoms. The number of amides is 2. The van der Waals surface area contributed by atoms with Crippen molar-refractivity contribution in [1.29, 1.82) is 0 Å². The number of nitrogens with one attached hydrogen (secondary N) is 1. The van der Waals surface area contributed by atoms with Crippen molar-refractivity contribution < 1.29 is 9.59 Å². The maximum Gasteiger partial charge on any atom is 0.286 e. The van der Waals surface area contributed by atoms with E-state index in [1.807, 2.05) is 6.07 Å². The van der Waals surface area contributed by atoms with Gasteiger partial charge in [0.1, 0.15) is 0 Å². The van der Waals surface area contributed by atoms with Crippen LogP contribution in [0, 0.1) is 6.92 Å². The molecule has 17 heavy (non-hydrogen) atoms. The Hall–Kier alpha value is -1.29. The summed E-state index contributed by atoms with van der Waals surface area (Å²) in [5, 5.41) is 1.82. The van der Waals surface area contributed by atoms with Crippen LogP contribution in [0.4, 0.5) is 4.79 Å². The number of carbonyl (C=O) groups excluding carboxylic acids is 2. The maximum atomic E-state index is 11.5. The summed E-state index contributed by atoms with van der Waals surface area (Å²) in [5.74, 6) is -0.164. The zero-order valence-electron chi connectivity index (χ0n) is 9.95. The number of hydrogen-bond donors (Lipinski definition) is 1. The van der Waals surface area contributed by atoms with Crippen molar-refractivity contribution in [2.45, 2.75) is 31.9 Å². The average molecular weight is 249 g/mol. The van der Waals surface area contributed by atoms with Crippen LogP contribution in [0.5, 0.6) is 0 Å². The minimum absolute atomic E-state index is 0.164. The number of thioether (sulfide) groups is 1. The van der Waals surface area contributed by atoms with E-state index in [1.165, 1.54) is 16.7 Å². The van der Waals surface area contributed by atoms with Gasteiger partial charge in [0.15, 0.2) is 0 Å². The first-order chi connectivity index (χ1) is 8.10. The Morgan fingerprint density at radius 2 is 2.06 bits per heavy atom. The molecular weight excluding hydrogens is 234 g/mol. The number of rotatable bonds is 3. The van der Waals surface area contributed by atoms with Crippen molar-refractivity contribution >= 4 is 22.9 Å². The molecule has 0 bridgehead atoms. The van der Waals surface area contributed by atoms with Crippen molar-refractivity contribution in [3.8, 4) is 0 Å². The highest BCUT2D eigenvalue weighted by Crippen LogP contribution is 2.25. The number of hydrogen-bond acceptors (Lipinski definition) is 3. The third-order valence-electron chi connectivity index (χ3n) is 2.91. The number of aryl methyl sites for hydroxylation is 2. The van der Waals surface area contributed by atoms with E-state index in [2.05, 4.69) is 31.3 Å². The minimum Gasteiger partial charge on any atom is -0.286 e. The molecule has 1 fully saturated rings. The van der Waals surface area contributed by atoms with Crippen LogP contribution in [-0.2, 0) is 17.6 Å². The second kappa shape index (κ2) is 4.92. The van der Waals surface area contributed by atoms with Crippen LogP contribution < -0.4 is 5.32 Å². The molecule has 1 atom stereocenters. The Morgan fingerprint density at radius 1 is 1.29 bits per heavy atom. The molecule has 90 valence electrons. The zero-order valence-corrected chi connectivity index (χ0v) is 10.8. The number of benzene rings is 1. The van der Waals surface area contributed by atoms with E-state index in [1.54, 1.807) is 0 Å². The van der Waals surface area contributed by atoms with Gasteiger partial charge in [-0.15, -0.1) is 0 Å². The van der Waals surface area contributed by atoms with Gasteiger partial charge in [0.2, 0.25) is 5.91 Å². The molecule has 1 aromatic rings. The summed E-state index contributed by atoms with van der Waals surface area (Å²) in [5.41, 5.74) is 3.66. The molecule has 0 aliphatic carbocycles. The predicted octanol–water partition coefficient (Wildman–Crippen LogP) is 2.45. The van der Waals surface area contributed by atoms with Crippen molar-refractivity contribution in [2.75, 3.05) is 0 Å². The molecule has 1 unspecified atom stereocenters. The largest absolute Gasteiger partial charge is 0.286 e. The van der Waals surface area contributed by atoms with Crippen LogP contribution in [0.3, 0.4) is 0 Å². The Labute approximate surface area is 105 Å². The lowest BCUT2D eigenvalue weighted by molar-refractivity contribution is -0.118. The maximum absolute atomic E-state index is 11.5. The van der Waals surface area contributed by atoms with Gasteiger partial charge >= 0.3 is 0 Å². The second-order valence-corrected chi connectivity index (χ2v) is 5.39. The van der Waals surface area contributed by atoms with Crippen molar-refractivity contribution in [1.82, 2.24) is 5.32 Å². The first kappa shape index (κ1) is 12.2. The molecule has 3 nitrogen and oxygen atoms in total. The number of imide groups is 1. The van der Waals surface area contributed by atoms with Gasteiger partial charge in [0, 0.05) is 0 Å². The Morgan fingerprint density at radius 3 is 2.65 bits per heavy atom. The van der Waals surface area contributed by atoms with Crippen LogP contribution in [-0.4, -0.2) is 16.4 Å². The molecule has 1 aromatic carbocycles. The average Bonchev–Trinajstić information content (AvgIpc) is 2.60. The fraction of sp³-hybridized carbons (Fsp3) is 0.385. The lowest BCUT2D eigenvalue weighted by Crippen LogP contribution is -2.25.